The topological polar surface area (TPSA) is 59.0 Å². The molecule has 5 heteroatoms. The molecule has 0 heterocycles. The maximum atomic E-state index is 12.5. The molecule has 1 N–H and O–H groups in total. The highest BCUT2D eigenvalue weighted by atomic mass is 16.6. The van der Waals surface area contributed by atoms with Gasteiger partial charge in [-0.3, -0.25) is 0 Å². The van der Waals surface area contributed by atoms with Crippen LogP contribution < -0.4 is 0 Å². The van der Waals surface area contributed by atoms with Gasteiger partial charge < -0.3 is 19.5 Å². The highest BCUT2D eigenvalue weighted by Crippen LogP contribution is 2.14. The molecule has 0 saturated carbocycles. The van der Waals surface area contributed by atoms with E-state index in [2.05, 4.69) is 0 Å². The lowest BCUT2D eigenvalue weighted by Gasteiger charge is -2.27. The first-order valence-corrected chi connectivity index (χ1v) is 8.99. The van der Waals surface area contributed by atoms with Crippen LogP contribution in [0.4, 0.5) is 4.79 Å². The van der Waals surface area contributed by atoms with Crippen LogP contribution in [0.15, 0.2) is 24.3 Å². The van der Waals surface area contributed by atoms with Gasteiger partial charge in [-0.2, -0.15) is 0 Å². The van der Waals surface area contributed by atoms with Gasteiger partial charge in [-0.1, -0.05) is 24.3 Å². The fourth-order valence-electron chi connectivity index (χ4n) is 2.37. The van der Waals surface area contributed by atoms with Crippen LogP contribution in [0, 0.1) is 0 Å². The largest absolute Gasteiger partial charge is 0.444 e. The summed E-state index contributed by atoms with van der Waals surface area (Å²) in [5.74, 6) is 0. The van der Waals surface area contributed by atoms with E-state index in [0.29, 0.717) is 26.1 Å². The van der Waals surface area contributed by atoms with Gasteiger partial charge in [0.15, 0.2) is 0 Å². The third-order valence-corrected chi connectivity index (χ3v) is 3.44. The number of benzene rings is 1. The molecule has 0 spiro atoms. The van der Waals surface area contributed by atoms with Crippen molar-refractivity contribution in [1.82, 2.24) is 4.90 Å². The van der Waals surface area contributed by atoms with E-state index in [-0.39, 0.29) is 18.8 Å². The summed E-state index contributed by atoms with van der Waals surface area (Å²) in [5.41, 5.74) is 1.57. The van der Waals surface area contributed by atoms with Crippen LogP contribution in [0.3, 0.4) is 0 Å². The standard InChI is InChI=1S/C20H33NO4/c1-16(2)24-13-7-11-21(19(23)25-20(3,4)5)15-18-9-6-8-17(14-18)10-12-22/h6,8-9,14,16,22H,7,10-13,15H2,1-5H3. The molecule has 5 nitrogen and oxygen atoms in total. The molecule has 1 aromatic carbocycles. The molecule has 0 aliphatic rings. The van der Waals surface area contributed by atoms with E-state index < -0.39 is 5.60 Å². The van der Waals surface area contributed by atoms with Crippen LogP contribution in [0.2, 0.25) is 0 Å². The molecule has 1 rings (SSSR count). The molecule has 0 aliphatic heterocycles. The van der Waals surface area contributed by atoms with Gasteiger partial charge in [0.05, 0.1) is 6.10 Å². The smallest absolute Gasteiger partial charge is 0.410 e. The zero-order valence-electron chi connectivity index (χ0n) is 16.2. The Morgan fingerprint density at radius 3 is 2.52 bits per heavy atom. The second-order valence-corrected chi connectivity index (χ2v) is 7.47. The number of amides is 1. The minimum atomic E-state index is -0.525. The van der Waals surface area contributed by atoms with Gasteiger partial charge in [0.2, 0.25) is 0 Å². The fraction of sp³-hybridized carbons (Fsp3) is 0.650. The summed E-state index contributed by atoms with van der Waals surface area (Å²) in [6, 6.07) is 7.95. The Kier molecular flexibility index (Phi) is 8.93. The maximum Gasteiger partial charge on any atom is 0.410 e. The Balaban J connectivity index is 2.75. The number of aliphatic hydroxyl groups is 1. The van der Waals surface area contributed by atoms with Gasteiger partial charge in [-0.05, 0) is 58.6 Å². The number of aliphatic hydroxyl groups excluding tert-OH is 1. The van der Waals surface area contributed by atoms with Gasteiger partial charge in [0, 0.05) is 26.3 Å². The molecule has 1 aromatic rings. The predicted molar refractivity (Wildman–Crippen MR) is 99.6 cm³/mol. The van der Waals surface area contributed by atoms with Gasteiger partial charge >= 0.3 is 6.09 Å². The van der Waals surface area contributed by atoms with Crippen molar-refractivity contribution in [2.24, 2.45) is 0 Å². The van der Waals surface area contributed by atoms with E-state index in [0.717, 1.165) is 17.5 Å². The first kappa shape index (κ1) is 21.5. The number of hydrogen-bond donors (Lipinski definition) is 1. The van der Waals surface area contributed by atoms with E-state index in [4.69, 9.17) is 14.6 Å². The summed E-state index contributed by atoms with van der Waals surface area (Å²) < 4.78 is 11.1. The predicted octanol–water partition coefficient (Wildman–Crippen LogP) is 3.77. The van der Waals surface area contributed by atoms with Gasteiger partial charge in [-0.15, -0.1) is 0 Å². The lowest BCUT2D eigenvalue weighted by molar-refractivity contribution is 0.0193. The summed E-state index contributed by atoms with van der Waals surface area (Å²) in [6.07, 6.45) is 1.24. The highest BCUT2D eigenvalue weighted by molar-refractivity contribution is 5.68. The number of ether oxygens (including phenoxy) is 2. The Morgan fingerprint density at radius 1 is 1.24 bits per heavy atom. The van der Waals surface area contributed by atoms with Gasteiger partial charge in [-0.25, -0.2) is 4.79 Å². The molecule has 0 aromatic heterocycles. The first-order valence-electron chi connectivity index (χ1n) is 8.99. The van der Waals surface area contributed by atoms with Crippen molar-refractivity contribution < 1.29 is 19.4 Å². The zero-order chi connectivity index (χ0) is 18.9. The zero-order valence-corrected chi connectivity index (χ0v) is 16.2. The average Bonchev–Trinajstić information content (AvgIpc) is 2.49. The minimum absolute atomic E-state index is 0.117. The number of hydrogen-bond acceptors (Lipinski definition) is 4. The SMILES string of the molecule is CC(C)OCCCN(Cc1cccc(CCO)c1)C(=O)OC(C)(C)C. The molecule has 0 atom stereocenters. The van der Waals surface area contributed by atoms with E-state index in [1.54, 1.807) is 4.90 Å². The normalized spacial score (nSPS) is 11.6. The first-order chi connectivity index (χ1) is 11.7. The molecule has 142 valence electrons. The summed E-state index contributed by atoms with van der Waals surface area (Å²) >= 11 is 0. The lowest BCUT2D eigenvalue weighted by atomic mass is 10.1. The molecular formula is C20H33NO4. The number of carbonyl (C=O) groups is 1. The minimum Gasteiger partial charge on any atom is -0.444 e. The number of nitrogens with zero attached hydrogens (tertiary/aromatic N) is 1. The van der Waals surface area contributed by atoms with E-state index >= 15 is 0 Å². The average molecular weight is 351 g/mol. The molecule has 0 bridgehead atoms. The Bertz CT molecular complexity index is 523. The van der Waals surface area contributed by atoms with Crippen LogP contribution in [-0.2, 0) is 22.4 Å². The van der Waals surface area contributed by atoms with Crippen molar-refractivity contribution in [3.63, 3.8) is 0 Å². The number of rotatable bonds is 9. The number of carbonyl (C=O) groups excluding carboxylic acids is 1. The summed E-state index contributed by atoms with van der Waals surface area (Å²) in [5, 5.41) is 9.10. The molecule has 0 aliphatic carbocycles. The maximum absolute atomic E-state index is 12.5. The van der Waals surface area contributed by atoms with Crippen LogP contribution in [0.1, 0.15) is 52.2 Å². The quantitative estimate of drug-likeness (QED) is 0.688. The molecular weight excluding hydrogens is 318 g/mol. The van der Waals surface area contributed by atoms with Crippen LogP contribution in [-0.4, -0.2) is 47.6 Å². The molecule has 0 fully saturated rings. The third kappa shape index (κ3) is 9.46. The summed E-state index contributed by atoms with van der Waals surface area (Å²) in [6.45, 7) is 11.4. The third-order valence-electron chi connectivity index (χ3n) is 3.44. The second kappa shape index (κ2) is 10.4. The van der Waals surface area contributed by atoms with Crippen LogP contribution in [0.25, 0.3) is 0 Å². The fourth-order valence-corrected chi connectivity index (χ4v) is 2.37. The Morgan fingerprint density at radius 2 is 1.92 bits per heavy atom. The van der Waals surface area contributed by atoms with E-state index in [1.165, 1.54) is 0 Å². The Labute approximate surface area is 151 Å². The van der Waals surface area contributed by atoms with E-state index in [9.17, 15) is 4.79 Å². The molecule has 0 radical (unpaired) electrons. The lowest BCUT2D eigenvalue weighted by Crippen LogP contribution is -2.37. The van der Waals surface area contributed by atoms with Crippen LogP contribution in [0.5, 0.6) is 0 Å². The van der Waals surface area contributed by atoms with Crippen molar-refractivity contribution in [1.29, 1.82) is 0 Å². The Hall–Kier alpha value is -1.59. The van der Waals surface area contributed by atoms with Crippen molar-refractivity contribution >= 4 is 6.09 Å². The molecule has 1 amide bonds. The highest BCUT2D eigenvalue weighted by Gasteiger charge is 2.22. The monoisotopic (exact) mass is 351 g/mol. The molecule has 0 unspecified atom stereocenters. The van der Waals surface area contributed by atoms with Crippen molar-refractivity contribution in [2.45, 2.75) is 65.7 Å². The molecule has 0 saturated heterocycles. The summed E-state index contributed by atoms with van der Waals surface area (Å²) in [4.78, 5) is 14.2. The molecule has 25 heavy (non-hydrogen) atoms. The summed E-state index contributed by atoms with van der Waals surface area (Å²) in [7, 11) is 0. The second-order valence-electron chi connectivity index (χ2n) is 7.47. The van der Waals surface area contributed by atoms with E-state index in [1.807, 2.05) is 58.9 Å². The van der Waals surface area contributed by atoms with Crippen molar-refractivity contribution in [3.8, 4) is 0 Å². The van der Waals surface area contributed by atoms with Crippen molar-refractivity contribution in [2.75, 3.05) is 19.8 Å². The van der Waals surface area contributed by atoms with Crippen LogP contribution >= 0.6 is 0 Å². The van der Waals surface area contributed by atoms with Gasteiger partial charge in [0.1, 0.15) is 5.60 Å². The van der Waals surface area contributed by atoms with Crippen molar-refractivity contribution in [3.05, 3.63) is 35.4 Å². The van der Waals surface area contributed by atoms with Gasteiger partial charge in [0.25, 0.3) is 0 Å².